The first-order valence-corrected chi connectivity index (χ1v) is 10.6. The Bertz CT molecular complexity index is 884. The van der Waals surface area contributed by atoms with E-state index in [2.05, 4.69) is 37.5 Å². The lowest BCUT2D eigenvalue weighted by Crippen LogP contribution is -2.45. The molecule has 1 fully saturated rings. The predicted octanol–water partition coefficient (Wildman–Crippen LogP) is 2.82. The molecule has 3 rings (SSSR count). The molecule has 26 heavy (non-hydrogen) atoms. The number of benzene rings is 2. The highest BCUT2D eigenvalue weighted by molar-refractivity contribution is 9.10. The first-order valence-electron chi connectivity index (χ1n) is 8.33. The molecule has 1 aliphatic rings. The van der Waals surface area contributed by atoms with Gasteiger partial charge in [-0.05, 0) is 52.8 Å². The van der Waals surface area contributed by atoms with Crippen LogP contribution in [0.1, 0.15) is 5.56 Å². The van der Waals surface area contributed by atoms with Crippen molar-refractivity contribution in [3.8, 4) is 0 Å². The fourth-order valence-corrected chi connectivity index (χ4v) is 5.01. The van der Waals surface area contributed by atoms with E-state index >= 15 is 0 Å². The summed E-state index contributed by atoms with van der Waals surface area (Å²) in [5, 5.41) is 0. The first kappa shape index (κ1) is 19.3. The van der Waals surface area contributed by atoms with E-state index in [1.165, 1.54) is 6.07 Å². The van der Waals surface area contributed by atoms with E-state index < -0.39 is 15.8 Å². The predicted molar refractivity (Wildman–Crippen MR) is 104 cm³/mol. The molecule has 0 atom stereocenters. The number of piperazine rings is 1. The van der Waals surface area contributed by atoms with Crippen molar-refractivity contribution in [2.45, 2.75) is 11.4 Å². The summed E-state index contributed by atoms with van der Waals surface area (Å²) in [5.74, 6) is -0.490. The van der Waals surface area contributed by atoms with Gasteiger partial charge in [0.25, 0.3) is 0 Å². The molecular formula is C18H21BrFN3O2S. The van der Waals surface area contributed by atoms with Crippen LogP contribution >= 0.6 is 15.9 Å². The Kier molecular flexibility index (Phi) is 5.96. The van der Waals surface area contributed by atoms with Gasteiger partial charge < -0.3 is 9.80 Å². The molecule has 0 unspecified atom stereocenters. The second kappa shape index (κ2) is 8.04. The van der Waals surface area contributed by atoms with Crippen LogP contribution in [0.4, 0.5) is 10.1 Å². The second-order valence-electron chi connectivity index (χ2n) is 6.32. The number of nitrogens with one attached hydrogen (secondary N) is 1. The Morgan fingerprint density at radius 3 is 2.50 bits per heavy atom. The van der Waals surface area contributed by atoms with E-state index in [4.69, 9.17) is 0 Å². The first-order chi connectivity index (χ1) is 12.4. The molecular weight excluding hydrogens is 421 g/mol. The second-order valence-corrected chi connectivity index (χ2v) is 8.91. The zero-order valence-corrected chi connectivity index (χ0v) is 16.9. The topological polar surface area (TPSA) is 52.6 Å². The van der Waals surface area contributed by atoms with Gasteiger partial charge in [-0.3, -0.25) is 0 Å². The highest BCUT2D eigenvalue weighted by Crippen LogP contribution is 2.25. The third-order valence-electron chi connectivity index (χ3n) is 4.47. The van der Waals surface area contributed by atoms with Gasteiger partial charge >= 0.3 is 0 Å². The molecule has 1 heterocycles. The molecule has 8 heteroatoms. The third kappa shape index (κ3) is 4.43. The Morgan fingerprint density at radius 2 is 1.81 bits per heavy atom. The van der Waals surface area contributed by atoms with E-state index in [1.807, 2.05) is 24.3 Å². The Morgan fingerprint density at radius 1 is 1.12 bits per heavy atom. The lowest BCUT2D eigenvalue weighted by molar-refractivity contribution is 0.312. The standard InChI is InChI=1S/C18H21BrFN3O2S/c1-22-8-10-23(11-9-22)17-5-3-2-4-14(17)13-21-26(24,25)18-7-6-15(20)12-16(18)19/h2-7,12,21H,8-11,13H2,1H3. The lowest BCUT2D eigenvalue weighted by Gasteiger charge is -2.35. The molecule has 2 aromatic rings. The minimum atomic E-state index is -3.75. The van der Waals surface area contributed by atoms with Crippen LogP contribution < -0.4 is 9.62 Å². The smallest absolute Gasteiger partial charge is 0.241 e. The molecule has 0 aromatic heterocycles. The van der Waals surface area contributed by atoms with Crippen LogP contribution in [-0.4, -0.2) is 46.5 Å². The van der Waals surface area contributed by atoms with Crippen LogP contribution in [-0.2, 0) is 16.6 Å². The molecule has 1 saturated heterocycles. The quantitative estimate of drug-likeness (QED) is 0.774. The summed E-state index contributed by atoms with van der Waals surface area (Å²) >= 11 is 3.12. The summed E-state index contributed by atoms with van der Waals surface area (Å²) < 4.78 is 41.2. The van der Waals surface area contributed by atoms with Crippen LogP contribution in [0.25, 0.3) is 0 Å². The van der Waals surface area contributed by atoms with Gasteiger partial charge in [0, 0.05) is 42.9 Å². The zero-order valence-electron chi connectivity index (χ0n) is 14.5. The number of hydrogen-bond acceptors (Lipinski definition) is 4. The molecule has 0 radical (unpaired) electrons. The van der Waals surface area contributed by atoms with Gasteiger partial charge in [0.05, 0.1) is 4.90 Å². The average molecular weight is 442 g/mol. The van der Waals surface area contributed by atoms with E-state index in [0.717, 1.165) is 49.6 Å². The highest BCUT2D eigenvalue weighted by Gasteiger charge is 2.20. The molecule has 0 bridgehead atoms. The summed E-state index contributed by atoms with van der Waals surface area (Å²) in [6.07, 6.45) is 0. The van der Waals surface area contributed by atoms with E-state index in [1.54, 1.807) is 0 Å². The maximum absolute atomic E-state index is 13.2. The maximum Gasteiger partial charge on any atom is 0.241 e. The van der Waals surface area contributed by atoms with E-state index in [-0.39, 0.29) is 15.9 Å². The number of nitrogens with zero attached hydrogens (tertiary/aromatic N) is 2. The normalized spacial score (nSPS) is 16.0. The van der Waals surface area contributed by atoms with Crippen molar-refractivity contribution in [1.29, 1.82) is 0 Å². The average Bonchev–Trinajstić information content (AvgIpc) is 2.61. The van der Waals surface area contributed by atoms with Crippen LogP contribution in [0, 0.1) is 5.82 Å². The van der Waals surface area contributed by atoms with Gasteiger partial charge in [0.1, 0.15) is 5.82 Å². The van der Waals surface area contributed by atoms with Gasteiger partial charge in [-0.25, -0.2) is 17.5 Å². The van der Waals surface area contributed by atoms with Gasteiger partial charge in [-0.2, -0.15) is 0 Å². The molecule has 140 valence electrons. The molecule has 0 aliphatic carbocycles. The van der Waals surface area contributed by atoms with Crippen LogP contribution in [0.5, 0.6) is 0 Å². The van der Waals surface area contributed by atoms with Crippen molar-refractivity contribution >= 4 is 31.6 Å². The number of likely N-dealkylation sites (N-methyl/N-ethyl adjacent to an activating group) is 1. The summed E-state index contributed by atoms with van der Waals surface area (Å²) in [6, 6.07) is 11.3. The number of halogens is 2. The number of anilines is 1. The van der Waals surface area contributed by atoms with Gasteiger partial charge in [-0.15, -0.1) is 0 Å². The molecule has 0 amide bonds. The fourth-order valence-electron chi connectivity index (χ4n) is 2.96. The van der Waals surface area contributed by atoms with E-state index in [9.17, 15) is 12.8 Å². The van der Waals surface area contributed by atoms with Crippen LogP contribution in [0.3, 0.4) is 0 Å². The minimum Gasteiger partial charge on any atom is -0.369 e. The molecule has 5 nitrogen and oxygen atoms in total. The van der Waals surface area contributed by atoms with Crippen molar-refractivity contribution in [3.05, 3.63) is 58.3 Å². The molecule has 2 aromatic carbocycles. The fraction of sp³-hybridized carbons (Fsp3) is 0.333. The molecule has 0 spiro atoms. The van der Waals surface area contributed by atoms with Crippen molar-refractivity contribution in [3.63, 3.8) is 0 Å². The van der Waals surface area contributed by atoms with Crippen LogP contribution in [0.15, 0.2) is 51.8 Å². The monoisotopic (exact) mass is 441 g/mol. The Balaban J connectivity index is 1.77. The maximum atomic E-state index is 13.2. The SMILES string of the molecule is CN1CCN(c2ccccc2CNS(=O)(=O)c2ccc(F)cc2Br)CC1. The number of rotatable bonds is 5. The number of para-hydroxylation sites is 1. The van der Waals surface area contributed by atoms with Gasteiger partial charge in [-0.1, -0.05) is 18.2 Å². The molecule has 1 aliphatic heterocycles. The molecule has 1 N–H and O–H groups in total. The number of sulfonamides is 1. The third-order valence-corrected chi connectivity index (χ3v) is 6.85. The van der Waals surface area contributed by atoms with Gasteiger partial charge in [0.2, 0.25) is 10.0 Å². The Hall–Kier alpha value is -1.48. The van der Waals surface area contributed by atoms with Crippen molar-refractivity contribution in [2.75, 3.05) is 38.1 Å². The lowest BCUT2D eigenvalue weighted by atomic mass is 10.1. The summed E-state index contributed by atoms with van der Waals surface area (Å²) in [5.41, 5.74) is 1.96. The molecule has 0 saturated carbocycles. The minimum absolute atomic E-state index is 0.0241. The Labute approximate surface area is 162 Å². The zero-order chi connectivity index (χ0) is 18.7. The van der Waals surface area contributed by atoms with Gasteiger partial charge in [0.15, 0.2) is 0 Å². The summed E-state index contributed by atoms with van der Waals surface area (Å²) in [4.78, 5) is 4.57. The summed E-state index contributed by atoms with van der Waals surface area (Å²) in [7, 11) is -1.66. The number of hydrogen-bond donors (Lipinski definition) is 1. The highest BCUT2D eigenvalue weighted by atomic mass is 79.9. The largest absolute Gasteiger partial charge is 0.369 e. The van der Waals surface area contributed by atoms with Crippen molar-refractivity contribution in [2.24, 2.45) is 0 Å². The van der Waals surface area contributed by atoms with E-state index in [0.29, 0.717) is 0 Å². The summed E-state index contributed by atoms with van der Waals surface area (Å²) in [6.45, 7) is 3.94. The van der Waals surface area contributed by atoms with Crippen molar-refractivity contribution < 1.29 is 12.8 Å². The van der Waals surface area contributed by atoms with Crippen molar-refractivity contribution in [1.82, 2.24) is 9.62 Å². The van der Waals surface area contributed by atoms with Crippen LogP contribution in [0.2, 0.25) is 0 Å².